The number of aromatic nitrogens is 2. The summed E-state index contributed by atoms with van der Waals surface area (Å²) in [6, 6.07) is 12.9. The number of carbonyl (C=O) groups is 1. The summed E-state index contributed by atoms with van der Waals surface area (Å²) in [5.41, 5.74) is 1.65. The lowest BCUT2D eigenvalue weighted by molar-refractivity contribution is -0.137. The number of piperidine rings is 1. The second-order valence-electron chi connectivity index (χ2n) is 10.7. The van der Waals surface area contributed by atoms with Gasteiger partial charge < -0.3 is 20.3 Å². The van der Waals surface area contributed by atoms with Crippen LogP contribution < -0.4 is 20.3 Å². The van der Waals surface area contributed by atoms with Crippen molar-refractivity contribution >= 4 is 11.6 Å². The third-order valence-electron chi connectivity index (χ3n) is 8.24. The molecule has 11 heteroatoms. The fraction of sp³-hybridized carbons (Fsp3) is 0.419. The van der Waals surface area contributed by atoms with E-state index in [1.54, 1.807) is 6.20 Å². The van der Waals surface area contributed by atoms with Crippen molar-refractivity contribution in [2.75, 3.05) is 44.2 Å². The number of pyridine rings is 2. The first-order chi connectivity index (χ1) is 20.2. The number of carbonyl (C=O) groups excluding carboxylic acids is 1. The van der Waals surface area contributed by atoms with Crippen molar-refractivity contribution in [1.82, 2.24) is 20.6 Å². The molecular formula is C31H33F3N6O2. The number of alkyl halides is 3. The summed E-state index contributed by atoms with van der Waals surface area (Å²) in [6.45, 7) is 5.25. The third-order valence-corrected chi connectivity index (χ3v) is 8.24. The number of amides is 1. The largest absolute Gasteiger partial charge is 0.477 e. The van der Waals surface area contributed by atoms with Gasteiger partial charge in [-0.15, -0.1) is 0 Å². The van der Waals surface area contributed by atoms with E-state index in [1.165, 1.54) is 6.07 Å². The van der Waals surface area contributed by atoms with Crippen LogP contribution in [-0.4, -0.2) is 55.2 Å². The van der Waals surface area contributed by atoms with Crippen LogP contribution in [0.25, 0.3) is 11.3 Å². The van der Waals surface area contributed by atoms with E-state index < -0.39 is 17.2 Å². The molecule has 0 radical (unpaired) electrons. The molecule has 1 aromatic carbocycles. The highest BCUT2D eigenvalue weighted by atomic mass is 19.4. The van der Waals surface area contributed by atoms with Crippen molar-refractivity contribution in [3.05, 3.63) is 71.5 Å². The average Bonchev–Trinajstić information content (AvgIpc) is 3.55. The minimum atomic E-state index is -4.52. The number of anilines is 1. The van der Waals surface area contributed by atoms with Gasteiger partial charge in [0.05, 0.1) is 40.6 Å². The summed E-state index contributed by atoms with van der Waals surface area (Å²) >= 11 is 0. The van der Waals surface area contributed by atoms with E-state index >= 15 is 0 Å². The highest BCUT2D eigenvalue weighted by Gasteiger charge is 2.39. The summed E-state index contributed by atoms with van der Waals surface area (Å²) in [5, 5.41) is 16.0. The van der Waals surface area contributed by atoms with Crippen molar-refractivity contribution in [2.45, 2.75) is 37.8 Å². The van der Waals surface area contributed by atoms with Crippen LogP contribution in [0.2, 0.25) is 0 Å². The van der Waals surface area contributed by atoms with Gasteiger partial charge in [-0.05, 0) is 74.7 Å². The Labute approximate surface area is 242 Å². The summed E-state index contributed by atoms with van der Waals surface area (Å²) < 4.78 is 45.4. The first kappa shape index (κ1) is 29.3. The Balaban J connectivity index is 1.40. The average molecular weight is 579 g/mol. The first-order valence-electron chi connectivity index (χ1n) is 14.1. The number of nitrogens with one attached hydrogen (secondary N) is 2. The van der Waals surface area contributed by atoms with Crippen molar-refractivity contribution in [3.8, 4) is 23.2 Å². The zero-order chi connectivity index (χ0) is 29.7. The number of hydrogen-bond donors (Lipinski definition) is 2. The van der Waals surface area contributed by atoms with Gasteiger partial charge in [-0.3, -0.25) is 9.78 Å². The molecule has 1 amide bonds. The predicted molar refractivity (Wildman–Crippen MR) is 152 cm³/mol. The monoisotopic (exact) mass is 578 g/mol. The van der Waals surface area contributed by atoms with Crippen molar-refractivity contribution in [2.24, 2.45) is 5.92 Å². The van der Waals surface area contributed by atoms with Crippen molar-refractivity contribution < 1.29 is 22.7 Å². The number of nitrogens with zero attached hydrogens (tertiary/aromatic N) is 4. The van der Waals surface area contributed by atoms with Gasteiger partial charge in [0.15, 0.2) is 0 Å². The minimum Gasteiger partial charge on any atom is -0.477 e. The van der Waals surface area contributed by atoms with E-state index in [-0.39, 0.29) is 17.4 Å². The molecule has 0 spiro atoms. The van der Waals surface area contributed by atoms with Gasteiger partial charge in [0.1, 0.15) is 6.07 Å². The fourth-order valence-corrected chi connectivity index (χ4v) is 5.80. The molecule has 2 aromatic heterocycles. The Kier molecular flexibility index (Phi) is 8.64. The maximum atomic E-state index is 13.2. The van der Waals surface area contributed by atoms with Crippen molar-refractivity contribution in [3.63, 3.8) is 0 Å². The molecule has 5 rings (SSSR count). The molecule has 8 nitrogen and oxygen atoms in total. The second kappa shape index (κ2) is 12.4. The van der Waals surface area contributed by atoms with Gasteiger partial charge in [0.2, 0.25) is 11.8 Å². The van der Waals surface area contributed by atoms with Gasteiger partial charge in [-0.2, -0.15) is 18.4 Å². The second-order valence-corrected chi connectivity index (χ2v) is 10.7. The lowest BCUT2D eigenvalue weighted by atomic mass is 9.72. The van der Waals surface area contributed by atoms with Crippen LogP contribution in [0, 0.1) is 17.2 Å². The van der Waals surface area contributed by atoms with Crippen LogP contribution in [0.4, 0.5) is 18.9 Å². The molecular weight excluding hydrogens is 545 g/mol. The molecule has 0 saturated carbocycles. The van der Waals surface area contributed by atoms with Crippen molar-refractivity contribution in [1.29, 1.82) is 5.26 Å². The molecule has 0 unspecified atom stereocenters. The number of rotatable bonds is 8. The number of hydrogen-bond acceptors (Lipinski definition) is 7. The van der Waals surface area contributed by atoms with Gasteiger partial charge in [0, 0.05) is 44.0 Å². The van der Waals surface area contributed by atoms with Crippen LogP contribution >= 0.6 is 0 Å². The fourth-order valence-electron chi connectivity index (χ4n) is 5.80. The Morgan fingerprint density at radius 3 is 2.67 bits per heavy atom. The standard InChI is InChI=1S/C31H33F3N6O2/c1-2-42-29-25(4-3-12-37-29)26-7-5-24(19-38-26)30(20-39-28(41)21-9-13-36-18-21)10-14-40(15-11-30)27-8-6-23(31(32,33)34)16-22(27)17-35/h3-8,12,16,19,21,36H,2,9-11,13-15,18,20H2,1H3,(H,39,41)/t21-/m0/s1. The Morgan fingerprint density at radius 1 is 1.21 bits per heavy atom. The molecule has 0 bridgehead atoms. The molecule has 0 aliphatic carbocycles. The molecule has 220 valence electrons. The highest BCUT2D eigenvalue weighted by molar-refractivity contribution is 5.79. The topological polar surface area (TPSA) is 103 Å². The zero-order valence-corrected chi connectivity index (χ0v) is 23.4. The van der Waals surface area contributed by atoms with E-state index in [0.717, 1.165) is 36.2 Å². The summed E-state index contributed by atoms with van der Waals surface area (Å²) in [5.74, 6) is 0.443. The van der Waals surface area contributed by atoms with Gasteiger partial charge in [0.25, 0.3) is 0 Å². The summed E-state index contributed by atoms with van der Waals surface area (Å²) in [4.78, 5) is 24.0. The molecule has 1 atom stereocenters. The summed E-state index contributed by atoms with van der Waals surface area (Å²) in [6.07, 6.45) is 0.992. The maximum absolute atomic E-state index is 13.2. The lowest BCUT2D eigenvalue weighted by Crippen LogP contribution is -2.50. The zero-order valence-electron chi connectivity index (χ0n) is 23.4. The molecule has 42 heavy (non-hydrogen) atoms. The molecule has 2 saturated heterocycles. The number of halogens is 3. The predicted octanol–water partition coefficient (Wildman–Crippen LogP) is 4.70. The number of ether oxygens (including phenoxy) is 1. The van der Waals surface area contributed by atoms with Crippen LogP contribution in [0.5, 0.6) is 5.88 Å². The Hall–Kier alpha value is -4.17. The smallest absolute Gasteiger partial charge is 0.416 e. The number of nitriles is 1. The molecule has 2 aliphatic rings. The molecule has 4 heterocycles. The molecule has 3 aromatic rings. The normalized spacial score (nSPS) is 18.4. The van der Waals surface area contributed by atoms with Gasteiger partial charge in [-0.1, -0.05) is 6.07 Å². The maximum Gasteiger partial charge on any atom is 0.416 e. The Morgan fingerprint density at radius 2 is 2.02 bits per heavy atom. The van der Waals surface area contributed by atoms with E-state index in [1.807, 2.05) is 48.4 Å². The van der Waals surface area contributed by atoms with Crippen LogP contribution in [0.15, 0.2) is 54.9 Å². The quantitative estimate of drug-likeness (QED) is 0.400. The highest BCUT2D eigenvalue weighted by Crippen LogP contribution is 2.39. The SMILES string of the molecule is CCOc1ncccc1-c1ccc(C2(CNC(=O)[C@H]3CCNC3)CCN(c3ccc(C(F)(F)F)cc3C#N)CC2)cn1. The first-order valence-corrected chi connectivity index (χ1v) is 14.1. The van der Waals surface area contributed by atoms with E-state index in [9.17, 15) is 23.2 Å². The van der Waals surface area contributed by atoms with Crippen LogP contribution in [0.3, 0.4) is 0 Å². The number of benzene rings is 1. The van der Waals surface area contributed by atoms with E-state index in [0.29, 0.717) is 62.9 Å². The minimum absolute atomic E-state index is 0.00745. The molecule has 2 N–H and O–H groups in total. The molecule has 2 fully saturated rings. The van der Waals surface area contributed by atoms with Gasteiger partial charge >= 0.3 is 6.18 Å². The van der Waals surface area contributed by atoms with Crippen LogP contribution in [-0.2, 0) is 16.4 Å². The van der Waals surface area contributed by atoms with E-state index in [2.05, 4.69) is 15.6 Å². The third kappa shape index (κ3) is 6.19. The van der Waals surface area contributed by atoms with Gasteiger partial charge in [-0.25, -0.2) is 4.98 Å². The Bertz CT molecular complexity index is 1440. The molecule has 2 aliphatic heterocycles. The van der Waals surface area contributed by atoms with E-state index in [4.69, 9.17) is 9.72 Å². The lowest BCUT2D eigenvalue weighted by Gasteiger charge is -2.43. The summed E-state index contributed by atoms with van der Waals surface area (Å²) in [7, 11) is 0. The van der Waals surface area contributed by atoms with Crippen LogP contribution in [0.1, 0.15) is 42.9 Å².